The van der Waals surface area contributed by atoms with E-state index >= 15 is 0 Å². The van der Waals surface area contributed by atoms with Gasteiger partial charge in [-0.05, 0) is 73.0 Å². The molecule has 6 rings (SSSR count). The van der Waals surface area contributed by atoms with Gasteiger partial charge in [-0.3, -0.25) is 14.4 Å². The molecule has 1 fully saturated rings. The van der Waals surface area contributed by atoms with Crippen LogP contribution in [-0.2, 0) is 22.4 Å². The van der Waals surface area contributed by atoms with Gasteiger partial charge in [0.25, 0.3) is 5.91 Å². The van der Waals surface area contributed by atoms with Crippen LogP contribution in [0.4, 0.5) is 5.69 Å². The lowest BCUT2D eigenvalue weighted by Crippen LogP contribution is -2.48. The van der Waals surface area contributed by atoms with E-state index in [1.54, 1.807) is 0 Å². The fourth-order valence-electron chi connectivity index (χ4n) is 6.75. The first-order chi connectivity index (χ1) is 22.6. The molecule has 7 heteroatoms. The summed E-state index contributed by atoms with van der Waals surface area (Å²) in [4.78, 5) is 44.4. The van der Waals surface area contributed by atoms with Gasteiger partial charge in [-0.15, -0.1) is 0 Å². The van der Waals surface area contributed by atoms with Crippen molar-refractivity contribution in [1.82, 2.24) is 15.5 Å². The number of amides is 3. The van der Waals surface area contributed by atoms with Crippen LogP contribution in [-0.4, -0.2) is 60.9 Å². The molecule has 0 radical (unpaired) electrons. The van der Waals surface area contributed by atoms with E-state index in [9.17, 15) is 14.4 Å². The van der Waals surface area contributed by atoms with Crippen molar-refractivity contribution >= 4 is 23.4 Å². The summed E-state index contributed by atoms with van der Waals surface area (Å²) >= 11 is 0. The van der Waals surface area contributed by atoms with Gasteiger partial charge in [0.1, 0.15) is 6.04 Å². The molecule has 46 heavy (non-hydrogen) atoms. The van der Waals surface area contributed by atoms with Gasteiger partial charge in [0, 0.05) is 36.9 Å². The molecule has 2 aliphatic heterocycles. The number of anilines is 1. The van der Waals surface area contributed by atoms with Crippen molar-refractivity contribution in [1.29, 1.82) is 0 Å². The molecule has 0 aliphatic carbocycles. The number of hydrogen-bond acceptors (Lipinski definition) is 4. The summed E-state index contributed by atoms with van der Waals surface area (Å²) in [6.45, 7) is 3.14. The molecule has 0 spiro atoms. The normalized spacial score (nSPS) is 15.7. The van der Waals surface area contributed by atoms with Crippen LogP contribution in [0.5, 0.6) is 0 Å². The molecule has 2 heterocycles. The predicted molar refractivity (Wildman–Crippen MR) is 183 cm³/mol. The number of carbonyl (C=O) groups excluding carboxylic acids is 3. The maximum Gasteiger partial charge on any atom is 0.252 e. The van der Waals surface area contributed by atoms with E-state index in [0.29, 0.717) is 24.9 Å². The Balaban J connectivity index is 1.06. The van der Waals surface area contributed by atoms with Crippen LogP contribution >= 0.6 is 0 Å². The summed E-state index contributed by atoms with van der Waals surface area (Å²) < 4.78 is 0. The number of nitrogens with zero attached hydrogens (tertiary/aromatic N) is 2. The smallest absolute Gasteiger partial charge is 0.252 e. The summed E-state index contributed by atoms with van der Waals surface area (Å²) in [5.41, 5.74) is 5.69. The molecule has 1 atom stereocenters. The third kappa shape index (κ3) is 7.54. The van der Waals surface area contributed by atoms with Gasteiger partial charge in [0.15, 0.2) is 0 Å². The Morgan fingerprint density at radius 1 is 0.804 bits per heavy atom. The van der Waals surface area contributed by atoms with Crippen LogP contribution in [0.15, 0.2) is 109 Å². The van der Waals surface area contributed by atoms with Gasteiger partial charge in [-0.1, -0.05) is 97.1 Å². The predicted octanol–water partition coefficient (Wildman–Crippen LogP) is 5.64. The van der Waals surface area contributed by atoms with Crippen LogP contribution in [0, 0.1) is 0 Å². The number of piperidine rings is 1. The molecular weight excluding hydrogens is 572 g/mol. The largest absolute Gasteiger partial charge is 0.354 e. The molecule has 236 valence electrons. The lowest BCUT2D eigenvalue weighted by atomic mass is 9.98. The molecule has 0 aromatic heterocycles. The number of benzene rings is 4. The number of hydrogen-bond donors (Lipinski definition) is 2. The van der Waals surface area contributed by atoms with Crippen molar-refractivity contribution in [2.45, 2.75) is 50.6 Å². The summed E-state index contributed by atoms with van der Waals surface area (Å²) in [7, 11) is 0. The minimum absolute atomic E-state index is 0.161. The molecule has 0 unspecified atom stereocenters. The minimum Gasteiger partial charge on any atom is -0.354 e. The van der Waals surface area contributed by atoms with Crippen LogP contribution in [0.25, 0.3) is 11.1 Å². The second kappa shape index (κ2) is 15.0. The number of fused-ring (bicyclic) bond motifs is 1. The highest BCUT2D eigenvalue weighted by atomic mass is 16.2. The molecular formula is C39H42N4O3. The van der Waals surface area contributed by atoms with Crippen molar-refractivity contribution in [3.05, 3.63) is 126 Å². The van der Waals surface area contributed by atoms with Crippen LogP contribution < -0.4 is 15.5 Å². The fraction of sp³-hybridized carbons (Fsp3) is 0.308. The third-order valence-corrected chi connectivity index (χ3v) is 9.18. The second-order valence-electron chi connectivity index (χ2n) is 12.2. The topological polar surface area (TPSA) is 81.8 Å². The second-order valence-corrected chi connectivity index (χ2v) is 12.2. The van der Waals surface area contributed by atoms with Crippen LogP contribution in [0.2, 0.25) is 0 Å². The first kappa shape index (κ1) is 31.2. The van der Waals surface area contributed by atoms with E-state index in [1.165, 1.54) is 0 Å². The zero-order valence-electron chi connectivity index (χ0n) is 26.2. The summed E-state index contributed by atoms with van der Waals surface area (Å²) in [5.74, 6) is -0.212. The van der Waals surface area contributed by atoms with E-state index in [2.05, 4.69) is 27.7 Å². The number of nitrogens with one attached hydrogen (secondary N) is 2. The van der Waals surface area contributed by atoms with Crippen LogP contribution in [0.3, 0.4) is 0 Å². The van der Waals surface area contributed by atoms with Crippen molar-refractivity contribution in [2.24, 2.45) is 0 Å². The summed E-state index contributed by atoms with van der Waals surface area (Å²) in [6, 6.07) is 35.1. The molecule has 1 saturated heterocycles. The number of likely N-dealkylation sites (tertiary alicyclic amines) is 1. The monoisotopic (exact) mass is 614 g/mol. The zero-order valence-corrected chi connectivity index (χ0v) is 26.2. The molecule has 2 aliphatic rings. The Bertz CT molecular complexity index is 1630. The highest BCUT2D eigenvalue weighted by molar-refractivity contribution is 6.03. The quantitative estimate of drug-likeness (QED) is 0.216. The van der Waals surface area contributed by atoms with E-state index in [1.807, 2.05) is 102 Å². The van der Waals surface area contributed by atoms with Crippen molar-refractivity contribution in [2.75, 3.05) is 31.1 Å². The minimum atomic E-state index is -0.650. The molecule has 2 N–H and O–H groups in total. The third-order valence-electron chi connectivity index (χ3n) is 9.18. The maximum absolute atomic E-state index is 13.7. The van der Waals surface area contributed by atoms with E-state index in [4.69, 9.17) is 0 Å². The Morgan fingerprint density at radius 2 is 1.48 bits per heavy atom. The average Bonchev–Trinajstić information content (AvgIpc) is 3.44. The number of carbonyl (C=O) groups is 3. The van der Waals surface area contributed by atoms with Crippen molar-refractivity contribution in [3.63, 3.8) is 0 Å². The standard InChI is InChI=1S/C39H42N4O3/c44-37-28-31-16-7-10-20-36(31)43(37)32-22-26-42(27-23-32)25-11-19-35(39(46)40-24-21-29-12-3-1-4-13-29)41-38(45)34-18-9-8-17-33(34)30-14-5-2-6-15-30/h1-10,12-18,20,32,35H,11,19,21-28H2,(H,40,46)(H,41,45)/t35-/m0/s1. The van der Waals surface area contributed by atoms with E-state index in [0.717, 1.165) is 73.3 Å². The van der Waals surface area contributed by atoms with Gasteiger partial charge in [0.2, 0.25) is 11.8 Å². The van der Waals surface area contributed by atoms with Gasteiger partial charge in [-0.2, -0.15) is 0 Å². The van der Waals surface area contributed by atoms with E-state index < -0.39 is 6.04 Å². The molecule has 0 saturated carbocycles. The molecule has 4 aromatic rings. The lowest BCUT2D eigenvalue weighted by molar-refractivity contribution is -0.123. The molecule has 0 bridgehead atoms. The van der Waals surface area contributed by atoms with Gasteiger partial charge < -0.3 is 20.4 Å². The first-order valence-corrected chi connectivity index (χ1v) is 16.5. The Kier molecular flexibility index (Phi) is 10.2. The zero-order chi connectivity index (χ0) is 31.7. The highest BCUT2D eigenvalue weighted by Gasteiger charge is 2.34. The molecule has 7 nitrogen and oxygen atoms in total. The first-order valence-electron chi connectivity index (χ1n) is 16.5. The summed E-state index contributed by atoms with van der Waals surface area (Å²) in [6.07, 6.45) is 4.38. The van der Waals surface area contributed by atoms with Gasteiger partial charge in [-0.25, -0.2) is 0 Å². The van der Waals surface area contributed by atoms with Crippen LogP contribution in [0.1, 0.15) is 47.2 Å². The van der Waals surface area contributed by atoms with Gasteiger partial charge >= 0.3 is 0 Å². The Morgan fingerprint density at radius 3 is 2.26 bits per heavy atom. The van der Waals surface area contributed by atoms with E-state index in [-0.39, 0.29) is 23.8 Å². The molecule has 3 amide bonds. The Hall–Kier alpha value is -4.75. The average molecular weight is 615 g/mol. The van der Waals surface area contributed by atoms with Crippen molar-refractivity contribution in [3.8, 4) is 11.1 Å². The maximum atomic E-state index is 13.7. The van der Waals surface area contributed by atoms with Gasteiger partial charge in [0.05, 0.1) is 6.42 Å². The van der Waals surface area contributed by atoms with Crippen molar-refractivity contribution < 1.29 is 14.4 Å². The SMILES string of the molecule is O=C(N[C@@H](CCCN1CCC(N2C(=O)Cc3ccccc32)CC1)C(=O)NCCc1ccccc1)c1ccccc1-c1ccccc1. The Labute approximate surface area is 271 Å². The number of para-hydroxylation sites is 1. The summed E-state index contributed by atoms with van der Waals surface area (Å²) in [5, 5.41) is 6.14. The molecule has 4 aromatic carbocycles. The number of rotatable bonds is 12. The fourth-order valence-corrected chi connectivity index (χ4v) is 6.75. The highest BCUT2D eigenvalue weighted by Crippen LogP contribution is 2.33. The lowest BCUT2D eigenvalue weighted by Gasteiger charge is -2.37.